The van der Waals surface area contributed by atoms with E-state index in [1.807, 2.05) is 12.2 Å². The zero-order chi connectivity index (χ0) is 28.5. The molecule has 0 radical (unpaired) electrons. The van der Waals surface area contributed by atoms with Gasteiger partial charge in [0.05, 0.1) is 13.1 Å². The van der Waals surface area contributed by atoms with Gasteiger partial charge in [0.15, 0.2) is 5.82 Å². The number of allylic oxidation sites excluding steroid dienone is 1. The van der Waals surface area contributed by atoms with Gasteiger partial charge in [-0.2, -0.15) is 4.80 Å². The van der Waals surface area contributed by atoms with E-state index >= 15 is 0 Å². The van der Waals surface area contributed by atoms with Crippen molar-refractivity contribution in [3.63, 3.8) is 0 Å². The number of amides is 2. The molecule has 210 valence electrons. The number of ether oxygens (including phenoxy) is 1. The largest absolute Gasteiger partial charge is 0.467 e. The van der Waals surface area contributed by atoms with Crippen LogP contribution >= 0.6 is 0 Å². The Hall–Kier alpha value is -4.78. The van der Waals surface area contributed by atoms with E-state index in [1.165, 1.54) is 23.9 Å². The maximum Gasteiger partial charge on any atom is 0.272 e. The lowest BCUT2D eigenvalue weighted by molar-refractivity contribution is -0.118. The molecular weight excluding hydrogens is 529 g/mol. The first-order valence-electron chi connectivity index (χ1n) is 13.3. The molecule has 41 heavy (non-hydrogen) atoms. The lowest BCUT2D eigenvalue weighted by Crippen LogP contribution is -2.50. The highest BCUT2D eigenvalue weighted by atomic mass is 19.1. The predicted molar refractivity (Wildman–Crippen MR) is 145 cm³/mol. The molecule has 13 heteroatoms. The van der Waals surface area contributed by atoms with Crippen molar-refractivity contribution < 1.29 is 18.7 Å². The van der Waals surface area contributed by atoms with E-state index in [0.717, 1.165) is 5.56 Å². The molecule has 1 fully saturated rings. The summed E-state index contributed by atoms with van der Waals surface area (Å²) in [6.07, 6.45) is 6.80. The summed E-state index contributed by atoms with van der Waals surface area (Å²) in [5.41, 5.74) is 2.48. The summed E-state index contributed by atoms with van der Waals surface area (Å²) in [5.74, 6) is 0.272. The minimum Gasteiger partial charge on any atom is -0.467 e. The van der Waals surface area contributed by atoms with E-state index in [-0.39, 0.29) is 35.8 Å². The SMILES string of the molecule is CC(=O)NC1=CC2N=C(c3ccnc(C(=O)N4CCN([C@H](c5ccc(F)cc5)c5nnn(C)n5)CC4)c3)OC2C=C1. The van der Waals surface area contributed by atoms with Gasteiger partial charge >= 0.3 is 0 Å². The average molecular weight is 558 g/mol. The number of benzene rings is 1. The number of carbonyl (C=O) groups is 2. The first-order valence-corrected chi connectivity index (χ1v) is 13.3. The van der Waals surface area contributed by atoms with Gasteiger partial charge in [-0.3, -0.25) is 19.5 Å². The van der Waals surface area contributed by atoms with Crippen molar-refractivity contribution in [1.82, 2.24) is 40.3 Å². The normalized spacial score (nSPS) is 21.0. The minimum absolute atomic E-state index is 0.156. The van der Waals surface area contributed by atoms with E-state index in [2.05, 4.69) is 35.6 Å². The first-order chi connectivity index (χ1) is 19.8. The average Bonchev–Trinajstić information content (AvgIpc) is 3.60. The van der Waals surface area contributed by atoms with Gasteiger partial charge in [0.1, 0.15) is 23.7 Å². The van der Waals surface area contributed by atoms with Gasteiger partial charge in [0, 0.05) is 50.6 Å². The number of hydrogen-bond acceptors (Lipinski definition) is 9. The zero-order valence-corrected chi connectivity index (χ0v) is 22.5. The number of rotatable bonds is 6. The Balaban J connectivity index is 1.14. The maximum atomic E-state index is 13.6. The van der Waals surface area contributed by atoms with Crippen molar-refractivity contribution in [3.8, 4) is 0 Å². The molecular formula is C28H28FN9O3. The summed E-state index contributed by atoms with van der Waals surface area (Å²) in [5, 5.41) is 15.3. The summed E-state index contributed by atoms with van der Waals surface area (Å²) in [6.45, 7) is 3.49. The highest BCUT2D eigenvalue weighted by molar-refractivity contribution is 5.99. The second-order valence-electron chi connectivity index (χ2n) is 10.0. The monoisotopic (exact) mass is 557 g/mol. The second-order valence-corrected chi connectivity index (χ2v) is 10.0. The molecule has 3 atom stereocenters. The van der Waals surface area contributed by atoms with Crippen LogP contribution in [0.15, 0.2) is 71.5 Å². The number of fused-ring (bicyclic) bond motifs is 1. The number of pyridine rings is 1. The molecule has 12 nitrogen and oxygen atoms in total. The molecule has 0 saturated carbocycles. The summed E-state index contributed by atoms with van der Waals surface area (Å²) in [7, 11) is 1.70. The van der Waals surface area contributed by atoms with Crippen molar-refractivity contribution in [2.45, 2.75) is 25.1 Å². The van der Waals surface area contributed by atoms with Gasteiger partial charge in [-0.1, -0.05) is 12.1 Å². The third-order valence-electron chi connectivity index (χ3n) is 7.13. The van der Waals surface area contributed by atoms with Crippen LogP contribution in [0.25, 0.3) is 0 Å². The molecule has 2 amide bonds. The highest BCUT2D eigenvalue weighted by Gasteiger charge is 2.33. The third-order valence-corrected chi connectivity index (χ3v) is 7.13. The fourth-order valence-corrected chi connectivity index (χ4v) is 5.19. The summed E-state index contributed by atoms with van der Waals surface area (Å²) in [6, 6.07) is 9.14. The Morgan fingerprint density at radius 3 is 2.61 bits per heavy atom. The van der Waals surface area contributed by atoms with Gasteiger partial charge in [0.2, 0.25) is 11.8 Å². The molecule has 0 spiro atoms. The number of tetrazole rings is 1. The molecule has 3 aliphatic rings. The lowest BCUT2D eigenvalue weighted by Gasteiger charge is -2.38. The quantitative estimate of drug-likeness (QED) is 0.481. The number of aromatic nitrogens is 5. The van der Waals surface area contributed by atoms with Gasteiger partial charge in [-0.25, -0.2) is 9.38 Å². The zero-order valence-electron chi connectivity index (χ0n) is 22.5. The molecule has 2 aromatic heterocycles. The van der Waals surface area contributed by atoms with Crippen molar-refractivity contribution in [2.24, 2.45) is 12.0 Å². The van der Waals surface area contributed by atoms with E-state index < -0.39 is 0 Å². The Labute approximate surface area is 235 Å². The Morgan fingerprint density at radius 1 is 1.12 bits per heavy atom. The first kappa shape index (κ1) is 26.4. The third kappa shape index (κ3) is 5.61. The topological polar surface area (TPSA) is 131 Å². The van der Waals surface area contributed by atoms with Crippen LogP contribution in [0.3, 0.4) is 0 Å². The molecule has 1 saturated heterocycles. The summed E-state index contributed by atoms with van der Waals surface area (Å²) in [4.78, 5) is 39.1. The van der Waals surface area contributed by atoms with Gasteiger partial charge in [-0.05, 0) is 53.3 Å². The van der Waals surface area contributed by atoms with Crippen molar-refractivity contribution >= 4 is 17.7 Å². The molecule has 4 heterocycles. The molecule has 0 bridgehead atoms. The van der Waals surface area contributed by atoms with Crippen molar-refractivity contribution in [3.05, 3.63) is 95.0 Å². The van der Waals surface area contributed by atoms with Crippen molar-refractivity contribution in [1.29, 1.82) is 0 Å². The van der Waals surface area contributed by atoms with E-state index in [9.17, 15) is 14.0 Å². The van der Waals surface area contributed by atoms with Gasteiger partial charge < -0.3 is 15.0 Å². The maximum absolute atomic E-state index is 13.6. The van der Waals surface area contributed by atoms with Gasteiger partial charge in [0.25, 0.3) is 5.91 Å². The number of carbonyl (C=O) groups excluding carboxylic acids is 2. The van der Waals surface area contributed by atoms with Crippen LogP contribution in [0.1, 0.15) is 40.4 Å². The molecule has 2 unspecified atom stereocenters. The number of nitrogens with zero attached hydrogens (tertiary/aromatic N) is 8. The molecule has 1 aliphatic carbocycles. The van der Waals surface area contributed by atoms with E-state index in [0.29, 0.717) is 54.9 Å². The smallest absolute Gasteiger partial charge is 0.272 e. The summed E-state index contributed by atoms with van der Waals surface area (Å²) < 4.78 is 19.6. The minimum atomic E-state index is -0.321. The van der Waals surface area contributed by atoms with Gasteiger partial charge in [-0.15, -0.1) is 10.2 Å². The Kier molecular flexibility index (Phi) is 7.10. The lowest BCUT2D eigenvalue weighted by atomic mass is 10.0. The number of halogens is 1. The van der Waals surface area contributed by atoms with Crippen LogP contribution in [-0.4, -0.2) is 91.0 Å². The van der Waals surface area contributed by atoms with Crippen LogP contribution in [0.2, 0.25) is 0 Å². The number of nitrogens with one attached hydrogen (secondary N) is 1. The molecule has 2 aliphatic heterocycles. The van der Waals surface area contributed by atoms with Crippen LogP contribution in [0.4, 0.5) is 4.39 Å². The van der Waals surface area contributed by atoms with E-state index in [4.69, 9.17) is 4.74 Å². The highest BCUT2D eigenvalue weighted by Crippen LogP contribution is 2.28. The van der Waals surface area contributed by atoms with E-state index in [1.54, 1.807) is 48.5 Å². The fraction of sp³-hybridized carbons (Fsp3) is 0.321. The standard InChI is InChI=1S/C28H28FN9O3/c1-17(39)31-21-7-8-24-22(16-21)32-27(41-24)19-9-10-30-23(15-19)28(40)38-13-11-37(12-14-38)25(26-33-35-36(2)34-26)18-3-5-20(29)6-4-18/h3-10,15-16,22,24-25H,11-14H2,1-2H3,(H,31,39)/t22?,24?,25-/m1/s1. The predicted octanol–water partition coefficient (Wildman–Crippen LogP) is 1.40. The molecule has 3 aromatic rings. The Bertz CT molecular complexity index is 1560. The van der Waals surface area contributed by atoms with Crippen LogP contribution in [-0.2, 0) is 16.6 Å². The Morgan fingerprint density at radius 2 is 1.90 bits per heavy atom. The van der Waals surface area contributed by atoms with Crippen LogP contribution in [0.5, 0.6) is 0 Å². The molecule has 1 aromatic carbocycles. The second kappa shape index (κ2) is 11.0. The summed E-state index contributed by atoms with van der Waals surface area (Å²) >= 11 is 0. The fourth-order valence-electron chi connectivity index (χ4n) is 5.19. The van der Waals surface area contributed by atoms with Crippen LogP contribution in [0, 0.1) is 5.82 Å². The number of aliphatic imine (C=N–C) groups is 1. The number of aryl methyl sites for hydroxylation is 1. The van der Waals surface area contributed by atoms with Crippen molar-refractivity contribution in [2.75, 3.05) is 26.2 Å². The molecule has 6 rings (SSSR count). The van der Waals surface area contributed by atoms with Crippen LogP contribution < -0.4 is 5.32 Å². The number of hydrogen-bond donors (Lipinski definition) is 1. The number of piperazine rings is 1. The molecule has 1 N–H and O–H groups in total.